The van der Waals surface area contributed by atoms with Gasteiger partial charge in [-0.15, -0.1) is 0 Å². The predicted molar refractivity (Wildman–Crippen MR) is 89.6 cm³/mol. The van der Waals surface area contributed by atoms with E-state index in [0.717, 1.165) is 17.6 Å². The SMILES string of the molecule is C=C/C=C\C(=C)c1ccc(-c2ccc(CC)cc2)cc1. The van der Waals surface area contributed by atoms with Crippen molar-refractivity contribution in [3.05, 3.63) is 91.0 Å². The lowest BCUT2D eigenvalue weighted by Gasteiger charge is -2.05. The van der Waals surface area contributed by atoms with Gasteiger partial charge in [-0.05, 0) is 34.2 Å². The van der Waals surface area contributed by atoms with Gasteiger partial charge in [-0.2, -0.15) is 0 Å². The highest BCUT2D eigenvalue weighted by molar-refractivity contribution is 5.74. The zero-order chi connectivity index (χ0) is 14.4. The van der Waals surface area contributed by atoms with E-state index in [1.54, 1.807) is 6.08 Å². The normalized spacial score (nSPS) is 10.7. The summed E-state index contributed by atoms with van der Waals surface area (Å²) in [6, 6.07) is 17.2. The Morgan fingerprint density at radius 3 is 2.00 bits per heavy atom. The van der Waals surface area contributed by atoms with Crippen LogP contribution < -0.4 is 0 Å². The van der Waals surface area contributed by atoms with Crippen molar-refractivity contribution in [2.24, 2.45) is 0 Å². The summed E-state index contributed by atoms with van der Waals surface area (Å²) < 4.78 is 0. The molecule has 2 aromatic carbocycles. The van der Waals surface area contributed by atoms with Gasteiger partial charge in [-0.25, -0.2) is 0 Å². The Labute approximate surface area is 121 Å². The maximum Gasteiger partial charge on any atom is -0.0184 e. The van der Waals surface area contributed by atoms with Gasteiger partial charge in [-0.3, -0.25) is 0 Å². The molecule has 0 aromatic heterocycles. The van der Waals surface area contributed by atoms with Crippen LogP contribution in [0.3, 0.4) is 0 Å². The first kappa shape index (κ1) is 14.1. The molecular formula is C20H20. The van der Waals surface area contributed by atoms with Gasteiger partial charge >= 0.3 is 0 Å². The molecule has 0 bridgehead atoms. The van der Waals surface area contributed by atoms with Gasteiger partial charge in [0, 0.05) is 0 Å². The fourth-order valence-corrected chi connectivity index (χ4v) is 2.09. The molecule has 0 nitrogen and oxygen atoms in total. The molecule has 0 unspecified atom stereocenters. The Morgan fingerprint density at radius 2 is 1.50 bits per heavy atom. The Hall–Kier alpha value is -2.34. The Balaban J connectivity index is 2.20. The van der Waals surface area contributed by atoms with Crippen molar-refractivity contribution in [3.63, 3.8) is 0 Å². The summed E-state index contributed by atoms with van der Waals surface area (Å²) in [4.78, 5) is 0. The molecule has 0 aliphatic carbocycles. The van der Waals surface area contributed by atoms with Gasteiger partial charge in [0.25, 0.3) is 0 Å². The molecule has 0 saturated carbocycles. The van der Waals surface area contributed by atoms with Crippen LogP contribution in [0.2, 0.25) is 0 Å². The minimum Gasteiger partial charge on any atom is -0.0991 e. The van der Waals surface area contributed by atoms with Crippen LogP contribution >= 0.6 is 0 Å². The molecule has 0 aliphatic rings. The molecule has 0 atom stereocenters. The number of rotatable bonds is 5. The van der Waals surface area contributed by atoms with Crippen molar-refractivity contribution in [3.8, 4) is 11.1 Å². The first-order valence-electron chi connectivity index (χ1n) is 6.92. The van der Waals surface area contributed by atoms with E-state index < -0.39 is 0 Å². The predicted octanol–water partition coefficient (Wildman–Crippen LogP) is 5.67. The number of benzene rings is 2. The van der Waals surface area contributed by atoms with E-state index in [1.165, 1.54) is 16.7 Å². The van der Waals surface area contributed by atoms with Gasteiger partial charge < -0.3 is 0 Å². The maximum absolute atomic E-state index is 4.05. The minimum absolute atomic E-state index is 0.998. The molecule has 0 fully saturated rings. The van der Waals surface area contributed by atoms with Crippen LogP contribution in [-0.2, 0) is 6.42 Å². The molecule has 2 aromatic rings. The van der Waals surface area contributed by atoms with Crippen LogP contribution in [-0.4, -0.2) is 0 Å². The van der Waals surface area contributed by atoms with Gasteiger partial charge in [0.2, 0.25) is 0 Å². The molecule has 0 saturated heterocycles. The lowest BCUT2D eigenvalue weighted by Crippen LogP contribution is -1.83. The monoisotopic (exact) mass is 260 g/mol. The van der Waals surface area contributed by atoms with Crippen LogP contribution in [0.25, 0.3) is 16.7 Å². The summed E-state index contributed by atoms with van der Waals surface area (Å²) in [6.07, 6.45) is 6.71. The molecule has 2 rings (SSSR count). The van der Waals surface area contributed by atoms with E-state index in [-0.39, 0.29) is 0 Å². The first-order chi connectivity index (χ1) is 9.74. The quantitative estimate of drug-likeness (QED) is 0.607. The molecule has 0 heteroatoms. The molecule has 0 N–H and O–H groups in total. The lowest BCUT2D eigenvalue weighted by atomic mass is 9.99. The lowest BCUT2D eigenvalue weighted by molar-refractivity contribution is 1.14. The second-order valence-corrected chi connectivity index (χ2v) is 4.75. The van der Waals surface area contributed by atoms with E-state index in [4.69, 9.17) is 0 Å². The van der Waals surface area contributed by atoms with Crippen molar-refractivity contribution in [2.45, 2.75) is 13.3 Å². The van der Waals surface area contributed by atoms with Gasteiger partial charge in [0.05, 0.1) is 0 Å². The molecule has 20 heavy (non-hydrogen) atoms. The summed E-state index contributed by atoms with van der Waals surface area (Å²) in [7, 11) is 0. The second-order valence-electron chi connectivity index (χ2n) is 4.75. The Bertz CT molecular complexity index is 610. The summed E-state index contributed by atoms with van der Waals surface area (Å²) >= 11 is 0. The van der Waals surface area contributed by atoms with Crippen molar-refractivity contribution >= 4 is 5.57 Å². The average Bonchev–Trinajstić information content (AvgIpc) is 2.53. The smallest absolute Gasteiger partial charge is 0.0184 e. The third-order valence-corrected chi connectivity index (χ3v) is 3.38. The van der Waals surface area contributed by atoms with Crippen molar-refractivity contribution in [2.75, 3.05) is 0 Å². The van der Waals surface area contributed by atoms with E-state index >= 15 is 0 Å². The van der Waals surface area contributed by atoms with E-state index in [0.29, 0.717) is 0 Å². The average molecular weight is 260 g/mol. The van der Waals surface area contributed by atoms with Gasteiger partial charge in [0.1, 0.15) is 0 Å². The van der Waals surface area contributed by atoms with Gasteiger partial charge in [-0.1, -0.05) is 86.8 Å². The Kier molecular flexibility index (Phi) is 4.73. The topological polar surface area (TPSA) is 0 Å². The molecule has 0 spiro atoms. The van der Waals surface area contributed by atoms with Crippen molar-refractivity contribution in [1.29, 1.82) is 0 Å². The highest BCUT2D eigenvalue weighted by atomic mass is 14.0. The zero-order valence-electron chi connectivity index (χ0n) is 12.0. The zero-order valence-corrected chi connectivity index (χ0v) is 12.0. The third kappa shape index (κ3) is 3.36. The number of allylic oxidation sites excluding steroid dienone is 4. The molecule has 0 heterocycles. The van der Waals surface area contributed by atoms with E-state index in [2.05, 4.69) is 68.6 Å². The van der Waals surface area contributed by atoms with Gasteiger partial charge in [0.15, 0.2) is 0 Å². The molecule has 0 radical (unpaired) electrons. The molecule has 100 valence electrons. The largest absolute Gasteiger partial charge is 0.0991 e. The highest BCUT2D eigenvalue weighted by Gasteiger charge is 1.99. The number of hydrogen-bond acceptors (Lipinski definition) is 0. The summed E-state index contributed by atoms with van der Waals surface area (Å²) in [6.45, 7) is 9.89. The highest BCUT2D eigenvalue weighted by Crippen LogP contribution is 2.23. The minimum atomic E-state index is 0.998. The van der Waals surface area contributed by atoms with Crippen LogP contribution in [0.15, 0.2) is 79.9 Å². The fraction of sp³-hybridized carbons (Fsp3) is 0.100. The standard InChI is InChI=1S/C20H20/c1-4-6-7-16(3)18-12-14-20(15-13-18)19-10-8-17(5-2)9-11-19/h4,6-15H,1,3,5H2,2H3/b7-6-. The van der Waals surface area contributed by atoms with Crippen molar-refractivity contribution in [1.82, 2.24) is 0 Å². The van der Waals surface area contributed by atoms with Crippen molar-refractivity contribution < 1.29 is 0 Å². The Morgan fingerprint density at radius 1 is 0.950 bits per heavy atom. The maximum atomic E-state index is 4.05. The fourth-order valence-electron chi connectivity index (χ4n) is 2.09. The third-order valence-electron chi connectivity index (χ3n) is 3.38. The number of aryl methyl sites for hydroxylation is 1. The summed E-state index contributed by atoms with van der Waals surface area (Å²) in [5.74, 6) is 0. The molecular weight excluding hydrogens is 240 g/mol. The van der Waals surface area contributed by atoms with Crippen LogP contribution in [0, 0.1) is 0 Å². The van der Waals surface area contributed by atoms with E-state index in [9.17, 15) is 0 Å². The van der Waals surface area contributed by atoms with Crippen LogP contribution in [0.1, 0.15) is 18.1 Å². The second kappa shape index (κ2) is 6.72. The van der Waals surface area contributed by atoms with Crippen LogP contribution in [0.5, 0.6) is 0 Å². The van der Waals surface area contributed by atoms with E-state index in [1.807, 2.05) is 12.2 Å². The number of hydrogen-bond donors (Lipinski definition) is 0. The summed E-state index contributed by atoms with van der Waals surface area (Å²) in [5, 5.41) is 0. The van der Waals surface area contributed by atoms with Crippen LogP contribution in [0.4, 0.5) is 0 Å². The molecule has 0 aliphatic heterocycles. The first-order valence-corrected chi connectivity index (χ1v) is 6.92. The summed E-state index contributed by atoms with van der Waals surface area (Å²) in [5.41, 5.74) is 5.99. The molecule has 0 amide bonds.